The second kappa shape index (κ2) is 3.46. The number of phenolic OH excluding ortho intramolecular Hbond substituents is 1. The number of nitrogens with two attached hydrogens (primary N) is 1. The molecule has 2 nitrogen and oxygen atoms in total. The standard InChI is InChI=1S/C12H15NO/c1-8(7-13)10-5-9-3-2-4-12(14)11(9)6-10/h2-5,8,14H,6-7,13H2,1H3. The van der Waals surface area contributed by atoms with E-state index < -0.39 is 0 Å². The molecule has 0 aliphatic heterocycles. The van der Waals surface area contributed by atoms with E-state index in [1.807, 2.05) is 12.1 Å². The predicted octanol–water partition coefficient (Wildman–Crippen LogP) is 1.93. The lowest BCUT2D eigenvalue weighted by molar-refractivity contribution is 0.469. The van der Waals surface area contributed by atoms with E-state index in [1.54, 1.807) is 6.07 Å². The van der Waals surface area contributed by atoms with Gasteiger partial charge in [0.1, 0.15) is 5.75 Å². The van der Waals surface area contributed by atoms with Gasteiger partial charge in [0.2, 0.25) is 0 Å². The third-order valence-electron chi connectivity index (χ3n) is 2.90. The van der Waals surface area contributed by atoms with Crippen molar-refractivity contribution in [2.45, 2.75) is 13.3 Å². The maximum absolute atomic E-state index is 9.64. The molecule has 0 bridgehead atoms. The second-order valence-electron chi connectivity index (χ2n) is 3.88. The van der Waals surface area contributed by atoms with Crippen molar-refractivity contribution in [2.75, 3.05) is 6.54 Å². The topological polar surface area (TPSA) is 46.2 Å². The molecule has 1 aromatic carbocycles. The monoisotopic (exact) mass is 189 g/mol. The SMILES string of the molecule is CC(CN)C1=Cc2cccc(O)c2C1. The fourth-order valence-corrected chi connectivity index (χ4v) is 1.84. The molecule has 0 saturated carbocycles. The number of aromatic hydroxyl groups is 1. The van der Waals surface area contributed by atoms with Crippen molar-refractivity contribution in [3.8, 4) is 5.75 Å². The molecular weight excluding hydrogens is 174 g/mol. The van der Waals surface area contributed by atoms with Crippen molar-refractivity contribution in [2.24, 2.45) is 11.7 Å². The van der Waals surface area contributed by atoms with Crippen LogP contribution in [0.5, 0.6) is 5.75 Å². The number of phenols is 1. The molecule has 0 fully saturated rings. The van der Waals surface area contributed by atoms with Crippen LogP contribution in [0.4, 0.5) is 0 Å². The molecular formula is C12H15NO. The van der Waals surface area contributed by atoms with Crippen molar-refractivity contribution >= 4 is 6.08 Å². The average molecular weight is 189 g/mol. The lowest BCUT2D eigenvalue weighted by Crippen LogP contribution is -2.12. The van der Waals surface area contributed by atoms with Gasteiger partial charge in [0, 0.05) is 5.56 Å². The molecule has 0 heterocycles. The molecule has 1 unspecified atom stereocenters. The van der Waals surface area contributed by atoms with Gasteiger partial charge in [0.05, 0.1) is 0 Å². The Morgan fingerprint density at radius 3 is 2.93 bits per heavy atom. The Morgan fingerprint density at radius 2 is 2.29 bits per heavy atom. The molecule has 0 spiro atoms. The van der Waals surface area contributed by atoms with E-state index in [0.717, 1.165) is 17.5 Å². The summed E-state index contributed by atoms with van der Waals surface area (Å²) in [6.45, 7) is 2.79. The summed E-state index contributed by atoms with van der Waals surface area (Å²) >= 11 is 0. The fraction of sp³-hybridized carbons (Fsp3) is 0.333. The molecule has 0 amide bonds. The minimum absolute atomic E-state index is 0.401. The normalized spacial score (nSPS) is 16.3. The second-order valence-corrected chi connectivity index (χ2v) is 3.88. The van der Waals surface area contributed by atoms with Gasteiger partial charge in [-0.05, 0) is 30.5 Å². The van der Waals surface area contributed by atoms with Crippen LogP contribution in [-0.2, 0) is 6.42 Å². The Hall–Kier alpha value is -1.28. The molecule has 0 radical (unpaired) electrons. The summed E-state index contributed by atoms with van der Waals surface area (Å²) in [5.41, 5.74) is 9.13. The predicted molar refractivity (Wildman–Crippen MR) is 58.0 cm³/mol. The first-order valence-corrected chi connectivity index (χ1v) is 4.93. The summed E-state index contributed by atoms with van der Waals surface area (Å²) in [6.07, 6.45) is 2.99. The highest BCUT2D eigenvalue weighted by Gasteiger charge is 2.18. The van der Waals surface area contributed by atoms with Crippen LogP contribution in [0.25, 0.3) is 6.08 Å². The van der Waals surface area contributed by atoms with E-state index in [0.29, 0.717) is 18.2 Å². The first-order valence-electron chi connectivity index (χ1n) is 4.93. The van der Waals surface area contributed by atoms with Crippen LogP contribution in [0.1, 0.15) is 18.1 Å². The van der Waals surface area contributed by atoms with Crippen LogP contribution in [0.15, 0.2) is 23.8 Å². The molecule has 74 valence electrons. The molecule has 14 heavy (non-hydrogen) atoms. The molecule has 2 rings (SSSR count). The number of hydrogen-bond acceptors (Lipinski definition) is 2. The Morgan fingerprint density at radius 1 is 1.50 bits per heavy atom. The Balaban J connectivity index is 2.32. The van der Waals surface area contributed by atoms with Gasteiger partial charge >= 0.3 is 0 Å². The number of hydrogen-bond donors (Lipinski definition) is 2. The molecule has 1 aromatic rings. The molecule has 1 aliphatic carbocycles. The van der Waals surface area contributed by atoms with Gasteiger partial charge in [0.25, 0.3) is 0 Å². The van der Waals surface area contributed by atoms with Crippen molar-refractivity contribution in [3.05, 3.63) is 34.9 Å². The number of rotatable bonds is 2. The summed E-state index contributed by atoms with van der Waals surface area (Å²) in [6, 6.07) is 5.65. The highest BCUT2D eigenvalue weighted by Crippen LogP contribution is 2.34. The Kier molecular flexibility index (Phi) is 2.30. The smallest absolute Gasteiger partial charge is 0.119 e. The van der Waals surface area contributed by atoms with Crippen LogP contribution in [0.3, 0.4) is 0 Å². The van der Waals surface area contributed by atoms with E-state index in [4.69, 9.17) is 5.73 Å². The maximum atomic E-state index is 9.64. The molecule has 1 atom stereocenters. The molecule has 0 aromatic heterocycles. The van der Waals surface area contributed by atoms with Gasteiger partial charge in [-0.15, -0.1) is 0 Å². The third kappa shape index (κ3) is 1.42. The number of fused-ring (bicyclic) bond motifs is 1. The van der Waals surface area contributed by atoms with E-state index in [1.165, 1.54) is 5.57 Å². The summed E-state index contributed by atoms with van der Waals surface area (Å²) in [5, 5.41) is 9.64. The van der Waals surface area contributed by atoms with Crippen LogP contribution >= 0.6 is 0 Å². The highest BCUT2D eigenvalue weighted by atomic mass is 16.3. The molecule has 1 aliphatic rings. The molecule has 2 heteroatoms. The van der Waals surface area contributed by atoms with Crippen molar-refractivity contribution in [1.82, 2.24) is 0 Å². The van der Waals surface area contributed by atoms with E-state index in [2.05, 4.69) is 13.0 Å². The van der Waals surface area contributed by atoms with Crippen molar-refractivity contribution in [1.29, 1.82) is 0 Å². The fourth-order valence-electron chi connectivity index (χ4n) is 1.84. The zero-order valence-corrected chi connectivity index (χ0v) is 8.33. The van der Waals surface area contributed by atoms with Crippen LogP contribution < -0.4 is 5.73 Å². The molecule has 3 N–H and O–H groups in total. The highest BCUT2D eigenvalue weighted by molar-refractivity contribution is 5.67. The minimum Gasteiger partial charge on any atom is -0.508 e. The number of benzene rings is 1. The van der Waals surface area contributed by atoms with E-state index >= 15 is 0 Å². The summed E-state index contributed by atoms with van der Waals surface area (Å²) in [5.74, 6) is 0.805. The largest absolute Gasteiger partial charge is 0.508 e. The minimum atomic E-state index is 0.401. The lowest BCUT2D eigenvalue weighted by atomic mass is 9.99. The van der Waals surface area contributed by atoms with Crippen LogP contribution in [0, 0.1) is 5.92 Å². The quantitative estimate of drug-likeness (QED) is 0.746. The Labute approximate surface area is 84.1 Å². The van der Waals surface area contributed by atoms with Gasteiger partial charge in [-0.25, -0.2) is 0 Å². The zero-order chi connectivity index (χ0) is 10.1. The summed E-state index contributed by atoms with van der Waals surface area (Å²) in [7, 11) is 0. The van der Waals surface area contributed by atoms with E-state index in [-0.39, 0.29) is 0 Å². The van der Waals surface area contributed by atoms with Crippen LogP contribution in [-0.4, -0.2) is 11.7 Å². The maximum Gasteiger partial charge on any atom is 0.119 e. The first kappa shape index (κ1) is 9.28. The van der Waals surface area contributed by atoms with E-state index in [9.17, 15) is 5.11 Å². The summed E-state index contributed by atoms with van der Waals surface area (Å²) in [4.78, 5) is 0. The van der Waals surface area contributed by atoms with Gasteiger partial charge in [-0.2, -0.15) is 0 Å². The Bertz CT molecular complexity index is 382. The van der Waals surface area contributed by atoms with Gasteiger partial charge < -0.3 is 10.8 Å². The summed E-state index contributed by atoms with van der Waals surface area (Å²) < 4.78 is 0. The van der Waals surface area contributed by atoms with Crippen molar-refractivity contribution < 1.29 is 5.11 Å². The van der Waals surface area contributed by atoms with Crippen LogP contribution in [0.2, 0.25) is 0 Å². The molecule has 0 saturated heterocycles. The van der Waals surface area contributed by atoms with Gasteiger partial charge in [-0.1, -0.05) is 30.7 Å². The zero-order valence-electron chi connectivity index (χ0n) is 8.33. The lowest BCUT2D eigenvalue weighted by Gasteiger charge is -2.09. The van der Waals surface area contributed by atoms with Gasteiger partial charge in [0.15, 0.2) is 0 Å². The van der Waals surface area contributed by atoms with Gasteiger partial charge in [-0.3, -0.25) is 0 Å². The van der Waals surface area contributed by atoms with Crippen molar-refractivity contribution in [3.63, 3.8) is 0 Å². The first-order chi connectivity index (χ1) is 6.72. The average Bonchev–Trinajstić information content (AvgIpc) is 2.62. The third-order valence-corrected chi connectivity index (χ3v) is 2.90.